The third kappa shape index (κ3) is 2.82. The maximum atomic E-state index is 12.2. The van der Waals surface area contributed by atoms with Gasteiger partial charge < -0.3 is 20.7 Å². The van der Waals surface area contributed by atoms with Crippen LogP contribution in [0.25, 0.3) is 0 Å². The molecule has 128 valence electrons. The van der Waals surface area contributed by atoms with E-state index in [2.05, 4.69) is 0 Å². The highest BCUT2D eigenvalue weighted by molar-refractivity contribution is 5.82. The number of nitrogens with one attached hydrogen (secondary N) is 1. The van der Waals surface area contributed by atoms with Gasteiger partial charge in [-0.2, -0.15) is 0 Å². The zero-order valence-electron chi connectivity index (χ0n) is 12.8. The lowest BCUT2D eigenvalue weighted by Crippen LogP contribution is -2.56. The van der Waals surface area contributed by atoms with Gasteiger partial charge in [0.25, 0.3) is 11.5 Å². The Bertz CT molecular complexity index is 684. The molecule has 1 amide bonds. The molecule has 0 bridgehead atoms. The Labute approximate surface area is 131 Å². The van der Waals surface area contributed by atoms with Crippen molar-refractivity contribution in [1.29, 1.82) is 0 Å². The molecule has 1 saturated heterocycles. The normalized spacial score (nSPS) is 30.5. The van der Waals surface area contributed by atoms with Crippen molar-refractivity contribution in [2.75, 3.05) is 6.61 Å². The number of aromatic amines is 1. The third-order valence-electron chi connectivity index (χ3n) is 4.21. The number of ether oxygens (including phenoxy) is 1. The van der Waals surface area contributed by atoms with Crippen molar-refractivity contribution in [2.24, 2.45) is 11.7 Å². The van der Waals surface area contributed by atoms with E-state index in [0.29, 0.717) is 12.8 Å². The van der Waals surface area contributed by atoms with Crippen LogP contribution in [0.2, 0.25) is 0 Å². The lowest BCUT2D eigenvalue weighted by atomic mass is 9.85. The number of amides is 1. The fourth-order valence-corrected chi connectivity index (χ4v) is 3.09. The van der Waals surface area contributed by atoms with Crippen LogP contribution in [-0.2, 0) is 15.3 Å². The van der Waals surface area contributed by atoms with Crippen LogP contribution in [0.15, 0.2) is 21.9 Å². The van der Waals surface area contributed by atoms with E-state index in [1.165, 1.54) is 0 Å². The van der Waals surface area contributed by atoms with Crippen molar-refractivity contribution in [2.45, 2.75) is 44.1 Å². The number of unbranched alkanes of at least 4 members (excludes halogenated alkanes) is 1. The summed E-state index contributed by atoms with van der Waals surface area (Å²) in [5, 5.41) is 19.8. The van der Waals surface area contributed by atoms with Crippen LogP contribution in [0.3, 0.4) is 0 Å². The van der Waals surface area contributed by atoms with Gasteiger partial charge in [-0.25, -0.2) is 4.79 Å². The minimum absolute atomic E-state index is 0.364. The molecule has 1 aromatic heterocycles. The first-order valence-electron chi connectivity index (χ1n) is 7.47. The molecule has 23 heavy (non-hydrogen) atoms. The summed E-state index contributed by atoms with van der Waals surface area (Å²) in [7, 11) is 0. The van der Waals surface area contributed by atoms with Crippen molar-refractivity contribution in [3.05, 3.63) is 33.1 Å². The minimum Gasteiger partial charge on any atom is -0.394 e. The molecule has 1 aromatic rings. The molecule has 0 unspecified atom stereocenters. The highest BCUT2D eigenvalue weighted by Crippen LogP contribution is 2.42. The van der Waals surface area contributed by atoms with Crippen LogP contribution < -0.4 is 17.0 Å². The third-order valence-corrected chi connectivity index (χ3v) is 4.21. The number of primary amides is 1. The average molecular weight is 327 g/mol. The van der Waals surface area contributed by atoms with Gasteiger partial charge in [0.05, 0.1) is 12.7 Å². The highest BCUT2D eigenvalue weighted by atomic mass is 16.6. The standard InChI is InChI=1S/C14H21N3O6/c1-2-3-4-8-11(20)9(7-18)23-14(8,12(15)21)17-6-5-10(19)16-13(17)22/h5-6,8-9,11,18,20H,2-4,7H2,1H3,(H2,15,21)(H,16,19,22)/t8-,9-,11+,14+/m1/s1. The van der Waals surface area contributed by atoms with Crippen LogP contribution in [0.1, 0.15) is 26.2 Å². The van der Waals surface area contributed by atoms with Gasteiger partial charge in [-0.15, -0.1) is 0 Å². The van der Waals surface area contributed by atoms with E-state index in [9.17, 15) is 24.6 Å². The second-order valence-electron chi connectivity index (χ2n) is 5.62. The lowest BCUT2D eigenvalue weighted by Gasteiger charge is -2.33. The highest BCUT2D eigenvalue weighted by Gasteiger charge is 2.59. The molecular formula is C14H21N3O6. The summed E-state index contributed by atoms with van der Waals surface area (Å²) in [6.45, 7) is 1.40. The zero-order valence-corrected chi connectivity index (χ0v) is 12.8. The number of nitrogens with two attached hydrogens (primary N) is 1. The van der Waals surface area contributed by atoms with Crippen LogP contribution in [0.4, 0.5) is 0 Å². The number of hydrogen-bond donors (Lipinski definition) is 4. The fraction of sp³-hybridized carbons (Fsp3) is 0.643. The Morgan fingerprint density at radius 3 is 2.74 bits per heavy atom. The Morgan fingerprint density at radius 1 is 1.52 bits per heavy atom. The van der Waals surface area contributed by atoms with E-state index in [1.807, 2.05) is 11.9 Å². The molecule has 0 spiro atoms. The van der Waals surface area contributed by atoms with Gasteiger partial charge in [0.2, 0.25) is 5.72 Å². The van der Waals surface area contributed by atoms with E-state index in [1.54, 1.807) is 0 Å². The van der Waals surface area contributed by atoms with Crippen molar-refractivity contribution < 1.29 is 19.7 Å². The molecule has 1 aliphatic rings. The largest absolute Gasteiger partial charge is 0.394 e. The van der Waals surface area contributed by atoms with E-state index in [-0.39, 0.29) is 0 Å². The zero-order chi connectivity index (χ0) is 17.2. The number of aliphatic hydroxyl groups excluding tert-OH is 2. The number of rotatable bonds is 6. The van der Waals surface area contributed by atoms with Gasteiger partial charge >= 0.3 is 5.69 Å². The first-order valence-corrected chi connectivity index (χ1v) is 7.47. The summed E-state index contributed by atoms with van der Waals surface area (Å²) in [6, 6.07) is 1.06. The van der Waals surface area contributed by atoms with Crippen LogP contribution in [0, 0.1) is 5.92 Å². The Balaban J connectivity index is 2.62. The van der Waals surface area contributed by atoms with Crippen molar-refractivity contribution in [3.8, 4) is 0 Å². The molecule has 2 rings (SSSR count). The molecule has 1 aliphatic heterocycles. The second kappa shape index (κ2) is 6.65. The number of nitrogens with zero attached hydrogens (tertiary/aromatic N) is 1. The summed E-state index contributed by atoms with van der Waals surface area (Å²) >= 11 is 0. The fourth-order valence-electron chi connectivity index (χ4n) is 3.09. The van der Waals surface area contributed by atoms with Gasteiger partial charge in [0.15, 0.2) is 0 Å². The van der Waals surface area contributed by atoms with Crippen molar-refractivity contribution in [3.63, 3.8) is 0 Å². The molecule has 5 N–H and O–H groups in total. The maximum Gasteiger partial charge on any atom is 0.331 e. The van der Waals surface area contributed by atoms with Gasteiger partial charge in [0.1, 0.15) is 6.10 Å². The lowest BCUT2D eigenvalue weighted by molar-refractivity contribution is -0.168. The molecular weight excluding hydrogens is 306 g/mol. The van der Waals surface area contributed by atoms with Gasteiger partial charge in [-0.05, 0) is 6.42 Å². The number of aliphatic hydroxyl groups is 2. The topological polar surface area (TPSA) is 148 Å². The molecule has 2 heterocycles. The van der Waals surface area contributed by atoms with E-state index < -0.39 is 47.6 Å². The maximum absolute atomic E-state index is 12.2. The minimum atomic E-state index is -1.96. The molecule has 4 atom stereocenters. The van der Waals surface area contributed by atoms with E-state index >= 15 is 0 Å². The molecule has 1 fully saturated rings. The number of aromatic nitrogens is 2. The Kier molecular flexibility index (Phi) is 5.03. The van der Waals surface area contributed by atoms with Crippen LogP contribution in [-0.4, -0.2) is 44.5 Å². The average Bonchev–Trinajstić information content (AvgIpc) is 2.78. The number of carbonyl (C=O) groups is 1. The molecule has 9 nitrogen and oxygen atoms in total. The monoisotopic (exact) mass is 327 g/mol. The van der Waals surface area contributed by atoms with E-state index in [4.69, 9.17) is 10.5 Å². The summed E-state index contributed by atoms with van der Waals surface area (Å²) in [5.74, 6) is -1.79. The molecule has 9 heteroatoms. The molecule has 0 radical (unpaired) electrons. The first-order chi connectivity index (χ1) is 10.9. The summed E-state index contributed by atoms with van der Waals surface area (Å²) in [6.07, 6.45) is 0.708. The van der Waals surface area contributed by atoms with Crippen molar-refractivity contribution in [1.82, 2.24) is 9.55 Å². The van der Waals surface area contributed by atoms with Gasteiger partial charge in [0, 0.05) is 18.2 Å². The van der Waals surface area contributed by atoms with E-state index in [0.717, 1.165) is 23.3 Å². The summed E-state index contributed by atoms with van der Waals surface area (Å²) < 4.78 is 6.44. The smallest absolute Gasteiger partial charge is 0.331 e. The van der Waals surface area contributed by atoms with Gasteiger partial charge in [-0.3, -0.25) is 19.1 Å². The second-order valence-corrected chi connectivity index (χ2v) is 5.62. The molecule has 0 aliphatic carbocycles. The van der Waals surface area contributed by atoms with Crippen LogP contribution >= 0.6 is 0 Å². The number of hydrogen-bond acceptors (Lipinski definition) is 6. The quantitative estimate of drug-likeness (QED) is 0.486. The van der Waals surface area contributed by atoms with Gasteiger partial charge in [-0.1, -0.05) is 19.8 Å². The molecule has 0 aromatic carbocycles. The van der Waals surface area contributed by atoms with Crippen molar-refractivity contribution >= 4 is 5.91 Å². The summed E-state index contributed by atoms with van der Waals surface area (Å²) in [4.78, 5) is 37.6. The first kappa shape index (κ1) is 17.4. The Morgan fingerprint density at radius 2 is 2.22 bits per heavy atom. The molecule has 0 saturated carbocycles. The number of H-pyrrole nitrogens is 1. The van der Waals surface area contributed by atoms with Crippen LogP contribution in [0.5, 0.6) is 0 Å². The predicted molar refractivity (Wildman–Crippen MR) is 79.5 cm³/mol. The predicted octanol–water partition coefficient (Wildman–Crippen LogP) is -1.77. The number of carbonyl (C=O) groups excluding carboxylic acids is 1. The summed E-state index contributed by atoms with van der Waals surface area (Å²) in [5.41, 5.74) is 2.05. The SMILES string of the molecule is CCCC[C@@H]1[C@H](O)[C@@H](CO)O[C@@]1(C(N)=O)n1ccc(=O)[nH]c1=O. The Hall–Kier alpha value is -1.97.